The average molecular weight is 462 g/mol. The number of alkyl carbamates (subject to hydrolysis) is 1. The molecular weight excluding hydrogens is 431 g/mol. The first-order valence-electron chi connectivity index (χ1n) is 8.27. The summed E-state index contributed by atoms with van der Waals surface area (Å²) in [6.45, 7) is 9.44. The predicted octanol–water partition coefficient (Wildman–Crippen LogP) is 2.85. The van der Waals surface area contributed by atoms with Crippen molar-refractivity contribution in [2.75, 3.05) is 26.7 Å². The second kappa shape index (κ2) is 11.9. The first kappa shape index (κ1) is 23.5. The Bertz CT molecular complexity index is 556. The van der Waals surface area contributed by atoms with E-state index in [1.807, 2.05) is 20.8 Å². The number of amides is 1. The standard InChI is InChI=1S/C18H30N4O2.HI/c1-14-7-6-8-15(13-14)9-10-20-16(19-5)21-11-12-22-17(23)24-18(2,3)4;/h6-8,13H,9-12H2,1-5H3,(H,22,23)(H2,19,20,21);1H. The highest BCUT2D eigenvalue weighted by molar-refractivity contribution is 14.0. The van der Waals surface area contributed by atoms with E-state index in [2.05, 4.69) is 52.1 Å². The zero-order valence-electron chi connectivity index (χ0n) is 15.8. The van der Waals surface area contributed by atoms with Gasteiger partial charge in [-0.2, -0.15) is 0 Å². The average Bonchev–Trinajstić information content (AvgIpc) is 2.48. The Kier molecular flexibility index (Phi) is 11.2. The van der Waals surface area contributed by atoms with Gasteiger partial charge in [0.25, 0.3) is 0 Å². The summed E-state index contributed by atoms with van der Waals surface area (Å²) in [5.74, 6) is 0.716. The van der Waals surface area contributed by atoms with Gasteiger partial charge in [0.15, 0.2) is 5.96 Å². The van der Waals surface area contributed by atoms with Crippen LogP contribution in [-0.4, -0.2) is 44.3 Å². The number of ether oxygens (including phenoxy) is 1. The van der Waals surface area contributed by atoms with Gasteiger partial charge in [-0.25, -0.2) is 4.79 Å². The molecule has 1 amide bonds. The third-order valence-corrected chi connectivity index (χ3v) is 3.10. The number of hydrogen-bond donors (Lipinski definition) is 3. The Morgan fingerprint density at radius 3 is 2.36 bits per heavy atom. The van der Waals surface area contributed by atoms with Crippen molar-refractivity contribution in [2.45, 2.75) is 39.7 Å². The highest BCUT2D eigenvalue weighted by atomic mass is 127. The fraction of sp³-hybridized carbons (Fsp3) is 0.556. The maximum Gasteiger partial charge on any atom is 0.407 e. The third kappa shape index (κ3) is 11.6. The largest absolute Gasteiger partial charge is 0.444 e. The van der Waals surface area contributed by atoms with E-state index in [-0.39, 0.29) is 24.0 Å². The van der Waals surface area contributed by atoms with Crippen molar-refractivity contribution in [1.29, 1.82) is 0 Å². The molecular formula is C18H31IN4O2. The smallest absolute Gasteiger partial charge is 0.407 e. The molecule has 0 spiro atoms. The summed E-state index contributed by atoms with van der Waals surface area (Å²) in [5.41, 5.74) is 2.08. The number of hydrogen-bond acceptors (Lipinski definition) is 3. The van der Waals surface area contributed by atoms with Crippen LogP contribution < -0.4 is 16.0 Å². The summed E-state index contributed by atoms with van der Waals surface area (Å²) in [6.07, 6.45) is 0.519. The van der Waals surface area contributed by atoms with Crippen LogP contribution in [0.4, 0.5) is 4.79 Å². The lowest BCUT2D eigenvalue weighted by Gasteiger charge is -2.19. The van der Waals surface area contributed by atoms with E-state index in [9.17, 15) is 4.79 Å². The lowest BCUT2D eigenvalue weighted by molar-refractivity contribution is 0.0529. The minimum Gasteiger partial charge on any atom is -0.444 e. The van der Waals surface area contributed by atoms with Gasteiger partial charge in [0, 0.05) is 26.7 Å². The van der Waals surface area contributed by atoms with Crippen molar-refractivity contribution in [3.63, 3.8) is 0 Å². The first-order valence-corrected chi connectivity index (χ1v) is 8.27. The lowest BCUT2D eigenvalue weighted by Crippen LogP contribution is -2.42. The van der Waals surface area contributed by atoms with Gasteiger partial charge < -0.3 is 20.7 Å². The van der Waals surface area contributed by atoms with Crippen molar-refractivity contribution >= 4 is 36.0 Å². The Balaban J connectivity index is 0.00000576. The normalized spacial score (nSPS) is 11.3. The number of rotatable bonds is 6. The fourth-order valence-corrected chi connectivity index (χ4v) is 2.07. The van der Waals surface area contributed by atoms with E-state index in [1.54, 1.807) is 7.05 Å². The Morgan fingerprint density at radius 2 is 1.76 bits per heavy atom. The Morgan fingerprint density at radius 1 is 1.12 bits per heavy atom. The number of benzene rings is 1. The van der Waals surface area contributed by atoms with Crippen LogP contribution in [0.1, 0.15) is 31.9 Å². The number of guanidine groups is 1. The molecule has 0 fully saturated rings. The maximum absolute atomic E-state index is 11.5. The summed E-state index contributed by atoms with van der Waals surface area (Å²) in [7, 11) is 1.73. The molecule has 142 valence electrons. The molecule has 0 aliphatic heterocycles. The van der Waals surface area contributed by atoms with Crippen LogP contribution in [0.2, 0.25) is 0 Å². The molecule has 3 N–H and O–H groups in total. The van der Waals surface area contributed by atoms with Gasteiger partial charge in [-0.1, -0.05) is 29.8 Å². The minimum atomic E-state index is -0.481. The van der Waals surface area contributed by atoms with Crippen molar-refractivity contribution < 1.29 is 9.53 Å². The van der Waals surface area contributed by atoms with Crippen LogP contribution in [0.5, 0.6) is 0 Å². The molecule has 0 saturated heterocycles. The number of aliphatic imine (C=N–C) groups is 1. The number of nitrogens with one attached hydrogen (secondary N) is 3. The zero-order valence-corrected chi connectivity index (χ0v) is 18.1. The SMILES string of the molecule is CN=C(NCCNC(=O)OC(C)(C)C)NCCc1cccc(C)c1.I. The zero-order chi connectivity index (χ0) is 18.0. The van der Waals surface area contributed by atoms with E-state index >= 15 is 0 Å². The van der Waals surface area contributed by atoms with Gasteiger partial charge >= 0.3 is 6.09 Å². The number of halogens is 1. The lowest BCUT2D eigenvalue weighted by atomic mass is 10.1. The maximum atomic E-state index is 11.5. The topological polar surface area (TPSA) is 74.8 Å². The molecule has 0 aromatic heterocycles. The van der Waals surface area contributed by atoms with Crippen molar-refractivity contribution in [1.82, 2.24) is 16.0 Å². The van der Waals surface area contributed by atoms with Crippen LogP contribution >= 0.6 is 24.0 Å². The third-order valence-electron chi connectivity index (χ3n) is 3.10. The molecule has 0 aliphatic rings. The Labute approximate surface area is 168 Å². The molecule has 0 aliphatic carbocycles. The van der Waals surface area contributed by atoms with E-state index in [0.717, 1.165) is 13.0 Å². The van der Waals surface area contributed by atoms with Crippen molar-refractivity contribution in [2.24, 2.45) is 4.99 Å². The molecule has 1 rings (SSSR count). The minimum absolute atomic E-state index is 0. The molecule has 6 nitrogen and oxygen atoms in total. The van der Waals surface area contributed by atoms with E-state index < -0.39 is 11.7 Å². The van der Waals surface area contributed by atoms with Crippen LogP contribution in [0.25, 0.3) is 0 Å². The predicted molar refractivity (Wildman–Crippen MR) is 114 cm³/mol. The number of carbonyl (C=O) groups is 1. The van der Waals surface area contributed by atoms with Gasteiger partial charge in [-0.05, 0) is 39.7 Å². The number of nitrogens with zero attached hydrogens (tertiary/aromatic N) is 1. The van der Waals surface area contributed by atoms with E-state index in [4.69, 9.17) is 4.74 Å². The summed E-state index contributed by atoms with van der Waals surface area (Å²) >= 11 is 0. The van der Waals surface area contributed by atoms with Crippen LogP contribution in [0.3, 0.4) is 0 Å². The molecule has 0 radical (unpaired) electrons. The van der Waals surface area contributed by atoms with Crippen molar-refractivity contribution in [3.05, 3.63) is 35.4 Å². The van der Waals surface area contributed by atoms with Gasteiger partial charge in [0.2, 0.25) is 0 Å². The van der Waals surface area contributed by atoms with E-state index in [0.29, 0.717) is 19.0 Å². The van der Waals surface area contributed by atoms with Crippen LogP contribution in [-0.2, 0) is 11.2 Å². The second-order valence-electron chi connectivity index (χ2n) is 6.59. The molecule has 1 aromatic rings. The summed E-state index contributed by atoms with van der Waals surface area (Å²) in [5, 5.41) is 9.11. The van der Waals surface area contributed by atoms with Gasteiger partial charge in [-0.15, -0.1) is 24.0 Å². The molecule has 0 bridgehead atoms. The second-order valence-corrected chi connectivity index (χ2v) is 6.59. The molecule has 0 heterocycles. The molecule has 1 aromatic carbocycles. The van der Waals surface area contributed by atoms with Crippen LogP contribution in [0, 0.1) is 6.92 Å². The number of aryl methyl sites for hydroxylation is 1. The molecule has 25 heavy (non-hydrogen) atoms. The molecule has 0 unspecified atom stereocenters. The van der Waals surface area contributed by atoms with Crippen LogP contribution in [0.15, 0.2) is 29.3 Å². The summed E-state index contributed by atoms with van der Waals surface area (Å²) in [6, 6.07) is 8.47. The summed E-state index contributed by atoms with van der Waals surface area (Å²) < 4.78 is 5.17. The van der Waals surface area contributed by atoms with Crippen molar-refractivity contribution in [3.8, 4) is 0 Å². The van der Waals surface area contributed by atoms with Gasteiger partial charge in [0.1, 0.15) is 5.60 Å². The summed E-state index contributed by atoms with van der Waals surface area (Å²) in [4.78, 5) is 15.7. The molecule has 7 heteroatoms. The highest BCUT2D eigenvalue weighted by Crippen LogP contribution is 2.06. The molecule has 0 saturated carbocycles. The first-order chi connectivity index (χ1) is 11.3. The van der Waals surface area contributed by atoms with Gasteiger partial charge in [0.05, 0.1) is 0 Å². The monoisotopic (exact) mass is 462 g/mol. The fourth-order valence-electron chi connectivity index (χ4n) is 2.07. The van der Waals surface area contributed by atoms with Gasteiger partial charge in [-0.3, -0.25) is 4.99 Å². The number of carbonyl (C=O) groups excluding carboxylic acids is 1. The quantitative estimate of drug-likeness (QED) is 0.263. The molecule has 0 atom stereocenters. The van der Waals surface area contributed by atoms with E-state index in [1.165, 1.54) is 11.1 Å². The Hall–Kier alpha value is -1.51. The highest BCUT2D eigenvalue weighted by Gasteiger charge is 2.15.